The van der Waals surface area contributed by atoms with E-state index in [-0.39, 0.29) is 6.10 Å². The Morgan fingerprint density at radius 1 is 1.27 bits per heavy atom. The Balaban J connectivity index is 1.33. The number of nitrogens with zero attached hydrogens (tertiary/aromatic N) is 3. The number of nitriles is 1. The molecule has 1 aromatic carbocycles. The van der Waals surface area contributed by atoms with Crippen molar-refractivity contribution in [3.05, 3.63) is 53.2 Å². The molecule has 1 saturated heterocycles. The third-order valence-corrected chi connectivity index (χ3v) is 5.38. The van der Waals surface area contributed by atoms with Crippen LogP contribution in [0.1, 0.15) is 42.5 Å². The molecule has 0 radical (unpaired) electrons. The van der Waals surface area contributed by atoms with Gasteiger partial charge in [0, 0.05) is 37.8 Å². The van der Waals surface area contributed by atoms with Crippen molar-refractivity contribution in [3.8, 4) is 17.7 Å². The largest absolute Gasteiger partial charge is 0.493 e. The van der Waals surface area contributed by atoms with Gasteiger partial charge in [-0.1, -0.05) is 12.1 Å². The molecule has 4 rings (SSSR count). The van der Waals surface area contributed by atoms with Gasteiger partial charge in [0.1, 0.15) is 17.9 Å². The molecule has 1 aromatic heterocycles. The molecule has 0 bridgehead atoms. The summed E-state index contributed by atoms with van der Waals surface area (Å²) in [6, 6.07) is 12.6. The van der Waals surface area contributed by atoms with Crippen molar-refractivity contribution in [1.82, 2.24) is 9.88 Å². The zero-order chi connectivity index (χ0) is 17.9. The highest BCUT2D eigenvalue weighted by Crippen LogP contribution is 2.32. The summed E-state index contributed by atoms with van der Waals surface area (Å²) >= 11 is 0. The van der Waals surface area contributed by atoms with Crippen molar-refractivity contribution in [1.29, 1.82) is 5.26 Å². The molecule has 5 heteroatoms. The number of piperidine rings is 1. The molecule has 0 saturated carbocycles. The van der Waals surface area contributed by atoms with E-state index in [0.29, 0.717) is 17.5 Å². The van der Waals surface area contributed by atoms with Gasteiger partial charge in [0.15, 0.2) is 0 Å². The monoisotopic (exact) mass is 349 g/mol. The van der Waals surface area contributed by atoms with Crippen LogP contribution in [0.2, 0.25) is 0 Å². The first-order chi connectivity index (χ1) is 12.7. The molecule has 26 heavy (non-hydrogen) atoms. The Kier molecular flexibility index (Phi) is 4.77. The molecular formula is C21H23N3O2. The molecule has 0 amide bonds. The van der Waals surface area contributed by atoms with E-state index in [2.05, 4.69) is 41.1 Å². The number of benzene rings is 1. The highest BCUT2D eigenvalue weighted by atomic mass is 16.5. The van der Waals surface area contributed by atoms with Crippen molar-refractivity contribution < 1.29 is 9.47 Å². The molecule has 3 heterocycles. The first-order valence-corrected chi connectivity index (χ1v) is 9.25. The zero-order valence-corrected chi connectivity index (χ0v) is 15.0. The van der Waals surface area contributed by atoms with E-state index in [1.165, 1.54) is 11.1 Å². The molecule has 0 aliphatic carbocycles. The third-order valence-electron chi connectivity index (χ3n) is 5.38. The summed E-state index contributed by atoms with van der Waals surface area (Å²) in [6.07, 6.45) is 4.72. The van der Waals surface area contributed by atoms with Gasteiger partial charge in [0.25, 0.3) is 0 Å². The number of likely N-dealkylation sites (tertiary alicyclic amines) is 1. The Morgan fingerprint density at radius 2 is 2.12 bits per heavy atom. The average molecular weight is 349 g/mol. The summed E-state index contributed by atoms with van der Waals surface area (Å²) in [4.78, 5) is 6.71. The Labute approximate surface area is 154 Å². The molecule has 2 aliphatic heterocycles. The lowest BCUT2D eigenvalue weighted by atomic mass is 10.00. The smallest absolute Gasteiger partial charge is 0.213 e. The van der Waals surface area contributed by atoms with Gasteiger partial charge in [-0.2, -0.15) is 5.26 Å². The summed E-state index contributed by atoms with van der Waals surface area (Å²) < 4.78 is 11.7. The fourth-order valence-corrected chi connectivity index (χ4v) is 3.72. The van der Waals surface area contributed by atoms with Crippen LogP contribution < -0.4 is 9.47 Å². The van der Waals surface area contributed by atoms with E-state index in [1.54, 1.807) is 18.3 Å². The van der Waals surface area contributed by atoms with Crippen LogP contribution in [-0.2, 0) is 6.42 Å². The van der Waals surface area contributed by atoms with Gasteiger partial charge in [0.05, 0.1) is 12.2 Å². The number of pyridine rings is 1. The van der Waals surface area contributed by atoms with Gasteiger partial charge >= 0.3 is 0 Å². The van der Waals surface area contributed by atoms with Crippen LogP contribution in [0.3, 0.4) is 0 Å². The zero-order valence-electron chi connectivity index (χ0n) is 15.0. The molecule has 1 atom stereocenters. The normalized spacial score (nSPS) is 18.6. The second kappa shape index (κ2) is 7.35. The summed E-state index contributed by atoms with van der Waals surface area (Å²) in [5.74, 6) is 1.66. The third kappa shape index (κ3) is 3.51. The van der Waals surface area contributed by atoms with E-state index >= 15 is 0 Å². The van der Waals surface area contributed by atoms with E-state index in [0.717, 1.165) is 44.7 Å². The number of hydrogen-bond acceptors (Lipinski definition) is 5. The molecule has 2 aromatic rings. The number of rotatable bonds is 4. The van der Waals surface area contributed by atoms with Crippen molar-refractivity contribution >= 4 is 0 Å². The number of fused-ring (bicyclic) bond motifs is 1. The van der Waals surface area contributed by atoms with Crippen molar-refractivity contribution in [2.24, 2.45) is 0 Å². The Morgan fingerprint density at radius 3 is 2.85 bits per heavy atom. The van der Waals surface area contributed by atoms with Crippen molar-refractivity contribution in [2.75, 3.05) is 19.7 Å². The van der Waals surface area contributed by atoms with E-state index in [1.807, 2.05) is 0 Å². The minimum absolute atomic E-state index is 0.183. The molecule has 0 spiro atoms. The van der Waals surface area contributed by atoms with Crippen LogP contribution in [-0.4, -0.2) is 35.7 Å². The predicted octanol–water partition coefficient (Wildman–Crippen LogP) is 3.49. The van der Waals surface area contributed by atoms with Gasteiger partial charge in [-0.3, -0.25) is 4.90 Å². The maximum atomic E-state index is 8.83. The van der Waals surface area contributed by atoms with Crippen molar-refractivity contribution in [2.45, 2.75) is 38.3 Å². The maximum Gasteiger partial charge on any atom is 0.213 e. The van der Waals surface area contributed by atoms with Gasteiger partial charge in [-0.25, -0.2) is 4.98 Å². The van der Waals surface area contributed by atoms with Crippen LogP contribution in [0.4, 0.5) is 0 Å². The second-order valence-corrected chi connectivity index (χ2v) is 6.99. The molecule has 134 valence electrons. The topological polar surface area (TPSA) is 58.4 Å². The van der Waals surface area contributed by atoms with Gasteiger partial charge in [0.2, 0.25) is 5.88 Å². The molecule has 0 N–H and O–H groups in total. The Bertz CT molecular complexity index is 805. The standard InChI is InChI=1S/C21H23N3O2/c1-15(18-4-3-17-8-11-25-20(17)12-18)24-9-6-19(7-10-24)26-21-5-2-16(13-22)14-23-21/h2-5,12,14-15,19H,6-11H2,1H3. The quantitative estimate of drug-likeness (QED) is 0.846. The van der Waals surface area contributed by atoms with E-state index in [4.69, 9.17) is 14.7 Å². The highest BCUT2D eigenvalue weighted by molar-refractivity contribution is 5.41. The fourth-order valence-electron chi connectivity index (χ4n) is 3.72. The minimum atomic E-state index is 0.183. The molecule has 1 unspecified atom stereocenters. The molecule has 1 fully saturated rings. The van der Waals surface area contributed by atoms with Crippen molar-refractivity contribution in [3.63, 3.8) is 0 Å². The maximum absolute atomic E-state index is 8.83. The Hall–Kier alpha value is -2.58. The fraction of sp³-hybridized carbons (Fsp3) is 0.429. The molecular weight excluding hydrogens is 326 g/mol. The first-order valence-electron chi connectivity index (χ1n) is 9.25. The number of hydrogen-bond donors (Lipinski definition) is 0. The average Bonchev–Trinajstić information content (AvgIpc) is 3.16. The van der Waals surface area contributed by atoms with Crippen LogP contribution in [0.25, 0.3) is 0 Å². The van der Waals surface area contributed by atoms with Gasteiger partial charge in [-0.05, 0) is 43.0 Å². The first kappa shape index (κ1) is 16.9. The number of ether oxygens (including phenoxy) is 2. The van der Waals surface area contributed by atoms with E-state index in [9.17, 15) is 0 Å². The summed E-state index contributed by atoms with van der Waals surface area (Å²) in [5, 5.41) is 8.83. The van der Waals surface area contributed by atoms with Gasteiger partial charge in [-0.15, -0.1) is 0 Å². The molecule has 2 aliphatic rings. The van der Waals surface area contributed by atoms with Gasteiger partial charge < -0.3 is 9.47 Å². The van der Waals surface area contributed by atoms with E-state index < -0.39 is 0 Å². The summed E-state index contributed by atoms with van der Waals surface area (Å²) in [5.41, 5.74) is 3.20. The van der Waals surface area contributed by atoms with Crippen LogP contribution in [0.15, 0.2) is 36.5 Å². The lowest BCUT2D eigenvalue weighted by Gasteiger charge is -2.36. The number of aromatic nitrogens is 1. The van der Waals surface area contributed by atoms with Crippen LogP contribution in [0, 0.1) is 11.3 Å². The summed E-state index contributed by atoms with van der Waals surface area (Å²) in [6.45, 7) is 5.07. The minimum Gasteiger partial charge on any atom is -0.493 e. The predicted molar refractivity (Wildman–Crippen MR) is 98.2 cm³/mol. The SMILES string of the molecule is CC(c1ccc2c(c1)OCC2)N1CCC(Oc2ccc(C#N)cn2)CC1. The summed E-state index contributed by atoms with van der Waals surface area (Å²) in [7, 11) is 0. The lowest BCUT2D eigenvalue weighted by molar-refractivity contribution is 0.0768. The van der Waals surface area contributed by atoms with Crippen LogP contribution >= 0.6 is 0 Å². The lowest BCUT2D eigenvalue weighted by Crippen LogP contribution is -2.39. The highest BCUT2D eigenvalue weighted by Gasteiger charge is 2.25. The van der Waals surface area contributed by atoms with Crippen LogP contribution in [0.5, 0.6) is 11.6 Å². The second-order valence-electron chi connectivity index (χ2n) is 6.99. The molecule has 5 nitrogen and oxygen atoms in total.